The molecule has 86 heavy (non-hydrogen) atoms. The Morgan fingerprint density at radius 1 is 0.407 bits per heavy atom. The van der Waals surface area contributed by atoms with Crippen LogP contribution >= 0.6 is 7.82 Å². The van der Waals surface area contributed by atoms with E-state index in [2.05, 4.69) is 43.5 Å². The molecule has 0 radical (unpaired) electrons. The number of aliphatic hydroxyl groups is 1. The Morgan fingerprint density at radius 3 is 0.965 bits per heavy atom. The highest BCUT2D eigenvalue weighted by Crippen LogP contribution is 2.38. The summed E-state index contributed by atoms with van der Waals surface area (Å²) >= 11 is 0. The largest absolute Gasteiger partial charge is 0.756 e. The standard InChI is InChI=1S/C77H151N2O6P/c1-6-8-10-12-14-16-18-20-22-24-26-28-30-32-33-34-35-36-37-38-39-40-41-42-43-44-45-47-49-51-53-55-57-59-61-63-65-67-69-71-77(81)78-75(74-85-86(82,83)84-73-72-79(3,4)5)76(80)70-68-66-64-62-60-58-56-54-52-50-48-46-31-29-27-25-23-21-19-17-15-13-11-9-7-2/h18,20,24,26,68,70,75-76,80H,6-17,19,21-23,25,27-67,69,71-74H2,1-5H3,(H-,78,81,82,83)/b20-18-,26-24-,70-68+. The van der Waals surface area contributed by atoms with Crippen LogP contribution in [0.2, 0.25) is 0 Å². The Labute approximate surface area is 537 Å². The second kappa shape index (κ2) is 68.1. The van der Waals surface area contributed by atoms with Gasteiger partial charge in [-0.2, -0.15) is 0 Å². The fourth-order valence-corrected chi connectivity index (χ4v) is 12.6. The maximum Gasteiger partial charge on any atom is 0.268 e. The van der Waals surface area contributed by atoms with E-state index in [0.29, 0.717) is 17.4 Å². The first kappa shape index (κ1) is 84.7. The fraction of sp³-hybridized carbons (Fsp3) is 0.909. The number of hydrogen-bond acceptors (Lipinski definition) is 6. The van der Waals surface area contributed by atoms with Gasteiger partial charge in [0.05, 0.1) is 39.9 Å². The minimum absolute atomic E-state index is 0.00183. The number of hydrogen-bond donors (Lipinski definition) is 2. The normalized spacial score (nSPS) is 13.7. The zero-order valence-electron chi connectivity index (χ0n) is 58.5. The van der Waals surface area contributed by atoms with E-state index in [1.807, 2.05) is 27.2 Å². The van der Waals surface area contributed by atoms with Gasteiger partial charge >= 0.3 is 0 Å². The molecule has 0 saturated heterocycles. The Kier molecular flexibility index (Phi) is 67.1. The van der Waals surface area contributed by atoms with Gasteiger partial charge in [-0.15, -0.1) is 0 Å². The molecule has 9 heteroatoms. The third-order valence-corrected chi connectivity index (χ3v) is 18.8. The van der Waals surface area contributed by atoms with E-state index >= 15 is 0 Å². The molecule has 3 unspecified atom stereocenters. The molecule has 0 spiro atoms. The quantitative estimate of drug-likeness (QED) is 0.0272. The first-order valence-electron chi connectivity index (χ1n) is 38.4. The molecule has 510 valence electrons. The van der Waals surface area contributed by atoms with E-state index in [-0.39, 0.29) is 19.1 Å². The fourth-order valence-electron chi connectivity index (χ4n) is 11.9. The Bertz CT molecular complexity index is 1500. The topological polar surface area (TPSA) is 108 Å². The molecule has 3 atom stereocenters. The highest BCUT2D eigenvalue weighted by atomic mass is 31.2. The van der Waals surface area contributed by atoms with E-state index in [4.69, 9.17) is 9.05 Å². The molecule has 0 fully saturated rings. The summed E-state index contributed by atoms with van der Waals surface area (Å²) in [7, 11) is 1.28. The SMILES string of the molecule is CCCCCCC/C=C\C/C=C\CCCCCCCCCCCCCCCCCCCCCCCCCCCCCC(=O)NC(COP(=O)([O-])OCC[N+](C)(C)C)C(O)/C=C/CCCCCCCCCCCCCCCCCCCCCCCCC. The van der Waals surface area contributed by atoms with Gasteiger partial charge in [-0.1, -0.05) is 378 Å². The van der Waals surface area contributed by atoms with Crippen molar-refractivity contribution in [3.63, 3.8) is 0 Å². The van der Waals surface area contributed by atoms with Crippen molar-refractivity contribution in [1.82, 2.24) is 5.32 Å². The number of aliphatic hydroxyl groups excluding tert-OH is 1. The molecule has 0 bridgehead atoms. The van der Waals surface area contributed by atoms with Gasteiger partial charge in [0.25, 0.3) is 7.82 Å². The number of nitrogens with one attached hydrogen (secondary N) is 1. The van der Waals surface area contributed by atoms with Crippen LogP contribution in [0.3, 0.4) is 0 Å². The molecule has 0 aromatic carbocycles. The van der Waals surface area contributed by atoms with Gasteiger partial charge in [-0.05, 0) is 51.4 Å². The molecular weight excluding hydrogens is 1080 g/mol. The maximum absolute atomic E-state index is 13.1. The number of nitrogens with zero attached hydrogens (tertiary/aromatic N) is 1. The smallest absolute Gasteiger partial charge is 0.268 e. The van der Waals surface area contributed by atoms with Crippen LogP contribution in [0.25, 0.3) is 0 Å². The predicted molar refractivity (Wildman–Crippen MR) is 376 cm³/mol. The van der Waals surface area contributed by atoms with Gasteiger partial charge < -0.3 is 28.8 Å². The van der Waals surface area contributed by atoms with Gasteiger partial charge in [0.2, 0.25) is 5.91 Å². The molecule has 0 aliphatic carbocycles. The average Bonchev–Trinajstić information content (AvgIpc) is 3.70. The van der Waals surface area contributed by atoms with Crippen molar-refractivity contribution in [2.45, 2.75) is 411 Å². The minimum atomic E-state index is -4.60. The summed E-state index contributed by atoms with van der Waals surface area (Å²) in [5.74, 6) is -0.188. The monoisotopic (exact) mass is 1230 g/mol. The van der Waals surface area contributed by atoms with Gasteiger partial charge in [0.1, 0.15) is 13.2 Å². The number of allylic oxidation sites excluding steroid dienone is 5. The number of quaternary nitrogens is 1. The Balaban J connectivity index is 3.93. The van der Waals surface area contributed by atoms with Crippen molar-refractivity contribution in [1.29, 1.82) is 0 Å². The second-order valence-electron chi connectivity index (χ2n) is 27.7. The van der Waals surface area contributed by atoms with Gasteiger partial charge in [-0.25, -0.2) is 0 Å². The second-order valence-corrected chi connectivity index (χ2v) is 29.1. The molecule has 2 N–H and O–H groups in total. The molecule has 0 aromatic rings. The Hall–Kier alpha value is -1.28. The third kappa shape index (κ3) is 70.2. The number of carbonyl (C=O) groups excluding carboxylic acids is 1. The Morgan fingerprint density at radius 2 is 0.674 bits per heavy atom. The summed E-state index contributed by atoms with van der Waals surface area (Å²) in [5.41, 5.74) is 0. The van der Waals surface area contributed by atoms with E-state index < -0.39 is 20.0 Å². The van der Waals surface area contributed by atoms with Crippen LogP contribution in [0.4, 0.5) is 0 Å². The number of phosphoric acid groups is 1. The predicted octanol–water partition coefficient (Wildman–Crippen LogP) is 24.2. The number of rotatable bonds is 72. The lowest BCUT2D eigenvalue weighted by Crippen LogP contribution is -2.45. The van der Waals surface area contributed by atoms with Crippen LogP contribution in [-0.4, -0.2) is 68.5 Å². The summed E-state index contributed by atoms with van der Waals surface area (Å²) in [6.45, 7) is 4.70. The molecule has 0 aliphatic rings. The summed E-state index contributed by atoms with van der Waals surface area (Å²) < 4.78 is 23.5. The average molecular weight is 1230 g/mol. The first-order chi connectivity index (χ1) is 42.0. The molecule has 0 aliphatic heterocycles. The molecule has 0 rings (SSSR count). The van der Waals surface area contributed by atoms with Crippen molar-refractivity contribution in [2.75, 3.05) is 40.9 Å². The summed E-state index contributed by atoms with van der Waals surface area (Å²) in [6, 6.07) is -0.886. The number of phosphoric ester groups is 1. The summed E-state index contributed by atoms with van der Waals surface area (Å²) in [4.78, 5) is 25.7. The van der Waals surface area contributed by atoms with Crippen LogP contribution < -0.4 is 10.2 Å². The van der Waals surface area contributed by atoms with Crippen molar-refractivity contribution < 1.29 is 32.9 Å². The van der Waals surface area contributed by atoms with Gasteiger partial charge in [0, 0.05) is 6.42 Å². The van der Waals surface area contributed by atoms with Crippen molar-refractivity contribution in [3.8, 4) is 0 Å². The number of likely N-dealkylation sites (N-methyl/N-ethyl adjacent to an activating group) is 1. The van der Waals surface area contributed by atoms with Gasteiger partial charge in [0.15, 0.2) is 0 Å². The van der Waals surface area contributed by atoms with E-state index in [1.54, 1.807) is 6.08 Å². The zero-order valence-corrected chi connectivity index (χ0v) is 59.4. The lowest BCUT2D eigenvalue weighted by molar-refractivity contribution is -0.870. The zero-order chi connectivity index (χ0) is 62.6. The minimum Gasteiger partial charge on any atom is -0.756 e. The molecule has 1 amide bonds. The lowest BCUT2D eigenvalue weighted by Gasteiger charge is -2.29. The highest BCUT2D eigenvalue weighted by molar-refractivity contribution is 7.45. The number of unbranched alkanes of at least 4 members (excludes halogenated alkanes) is 55. The van der Waals surface area contributed by atoms with Crippen LogP contribution in [0, 0.1) is 0 Å². The van der Waals surface area contributed by atoms with Crippen LogP contribution in [0.1, 0.15) is 399 Å². The third-order valence-electron chi connectivity index (χ3n) is 17.8. The summed E-state index contributed by atoms with van der Waals surface area (Å²) in [5, 5.41) is 14.0. The van der Waals surface area contributed by atoms with Crippen molar-refractivity contribution >= 4 is 13.7 Å². The van der Waals surface area contributed by atoms with E-state index in [9.17, 15) is 19.4 Å². The van der Waals surface area contributed by atoms with Crippen molar-refractivity contribution in [3.05, 3.63) is 36.5 Å². The van der Waals surface area contributed by atoms with Gasteiger partial charge in [-0.3, -0.25) is 9.36 Å². The van der Waals surface area contributed by atoms with E-state index in [0.717, 1.165) is 44.9 Å². The summed E-state index contributed by atoms with van der Waals surface area (Å²) in [6.07, 6.45) is 91.6. The van der Waals surface area contributed by atoms with Crippen LogP contribution in [0.15, 0.2) is 36.5 Å². The number of amides is 1. The lowest BCUT2D eigenvalue weighted by atomic mass is 10.0. The van der Waals surface area contributed by atoms with Crippen molar-refractivity contribution in [2.24, 2.45) is 0 Å². The first-order valence-corrected chi connectivity index (χ1v) is 39.8. The van der Waals surface area contributed by atoms with Crippen LogP contribution in [0.5, 0.6) is 0 Å². The molecule has 8 nitrogen and oxygen atoms in total. The van der Waals surface area contributed by atoms with Crippen LogP contribution in [-0.2, 0) is 18.4 Å². The molecular formula is C77H151N2O6P. The molecule has 0 aromatic heterocycles. The van der Waals surface area contributed by atoms with E-state index in [1.165, 1.54) is 334 Å². The highest BCUT2D eigenvalue weighted by Gasteiger charge is 2.23. The molecule has 0 heterocycles. The maximum atomic E-state index is 13.1. The molecule has 0 saturated carbocycles. The number of carbonyl (C=O) groups is 1.